The van der Waals surface area contributed by atoms with Crippen molar-refractivity contribution in [2.75, 3.05) is 5.32 Å². The lowest BCUT2D eigenvalue weighted by molar-refractivity contribution is 0.872. The maximum atomic E-state index is 3.58. The van der Waals surface area contributed by atoms with Gasteiger partial charge in [-0.2, -0.15) is 0 Å². The lowest BCUT2D eigenvalue weighted by Crippen LogP contribution is -2.08. The van der Waals surface area contributed by atoms with E-state index in [0.717, 1.165) is 10.2 Å². The molecule has 0 heterocycles. The van der Waals surface area contributed by atoms with Crippen molar-refractivity contribution in [2.24, 2.45) is 0 Å². The third-order valence-corrected chi connectivity index (χ3v) is 4.31. The van der Waals surface area contributed by atoms with Gasteiger partial charge in [-0.05, 0) is 56.5 Å². The highest BCUT2D eigenvalue weighted by molar-refractivity contribution is 9.10. The summed E-state index contributed by atoms with van der Waals surface area (Å²) in [4.78, 5) is 0. The molecule has 0 aliphatic heterocycles. The number of halogens is 1. The first-order valence-electron chi connectivity index (χ1n) is 6.57. The van der Waals surface area contributed by atoms with Crippen molar-refractivity contribution in [3.63, 3.8) is 0 Å². The topological polar surface area (TPSA) is 12.0 Å². The summed E-state index contributed by atoms with van der Waals surface area (Å²) >= 11 is 3.58. The van der Waals surface area contributed by atoms with Gasteiger partial charge in [0, 0.05) is 16.2 Å². The summed E-state index contributed by atoms with van der Waals surface area (Å²) in [6.07, 6.45) is 0. The van der Waals surface area contributed by atoms with E-state index in [2.05, 4.69) is 85.3 Å². The standard InChI is InChI=1S/C17H20BrN/c1-11-5-6-12(2)16(9-11)14(4)19-15-8-7-13(3)17(18)10-15/h5-10,14,19H,1-4H3. The molecule has 2 rings (SSSR count). The number of benzene rings is 2. The van der Waals surface area contributed by atoms with E-state index in [1.807, 2.05) is 0 Å². The van der Waals surface area contributed by atoms with Crippen molar-refractivity contribution in [3.05, 3.63) is 63.1 Å². The predicted octanol–water partition coefficient (Wildman–Crippen LogP) is 5.55. The van der Waals surface area contributed by atoms with E-state index in [1.54, 1.807) is 0 Å². The second kappa shape index (κ2) is 5.79. The Balaban J connectivity index is 2.22. The molecule has 2 heteroatoms. The second-order valence-electron chi connectivity index (χ2n) is 5.19. The van der Waals surface area contributed by atoms with E-state index < -0.39 is 0 Å². The predicted molar refractivity (Wildman–Crippen MR) is 86.8 cm³/mol. The second-order valence-corrected chi connectivity index (χ2v) is 6.04. The summed E-state index contributed by atoms with van der Waals surface area (Å²) in [5.41, 5.74) is 6.39. The molecule has 1 unspecified atom stereocenters. The Kier molecular flexibility index (Phi) is 4.31. The molecule has 0 fully saturated rings. The third-order valence-electron chi connectivity index (χ3n) is 3.46. The smallest absolute Gasteiger partial charge is 0.0488 e. The Bertz CT molecular complexity index is 590. The van der Waals surface area contributed by atoms with Gasteiger partial charge in [-0.15, -0.1) is 0 Å². The molecule has 1 N–H and O–H groups in total. The molecule has 0 radical (unpaired) electrons. The van der Waals surface area contributed by atoms with Crippen LogP contribution in [0, 0.1) is 20.8 Å². The van der Waals surface area contributed by atoms with Crippen LogP contribution in [-0.2, 0) is 0 Å². The minimum Gasteiger partial charge on any atom is -0.378 e. The number of aryl methyl sites for hydroxylation is 3. The fourth-order valence-corrected chi connectivity index (χ4v) is 2.62. The maximum absolute atomic E-state index is 3.58. The van der Waals surface area contributed by atoms with Crippen molar-refractivity contribution >= 4 is 21.6 Å². The van der Waals surface area contributed by atoms with Gasteiger partial charge in [0.25, 0.3) is 0 Å². The first-order chi connectivity index (χ1) is 8.97. The SMILES string of the molecule is Cc1ccc(C)c(C(C)Nc2ccc(C)c(Br)c2)c1. The summed E-state index contributed by atoms with van der Waals surface area (Å²) in [5, 5.41) is 3.56. The Morgan fingerprint density at radius 2 is 1.63 bits per heavy atom. The number of anilines is 1. The normalized spacial score (nSPS) is 12.3. The van der Waals surface area contributed by atoms with Gasteiger partial charge in [0.2, 0.25) is 0 Å². The van der Waals surface area contributed by atoms with Gasteiger partial charge in [0.15, 0.2) is 0 Å². The van der Waals surface area contributed by atoms with Gasteiger partial charge in [-0.1, -0.05) is 45.8 Å². The summed E-state index contributed by atoms with van der Waals surface area (Å²) in [6, 6.07) is 13.3. The zero-order valence-corrected chi connectivity index (χ0v) is 13.5. The molecule has 19 heavy (non-hydrogen) atoms. The average Bonchev–Trinajstić information content (AvgIpc) is 2.36. The molecule has 0 amide bonds. The molecule has 0 bridgehead atoms. The first kappa shape index (κ1) is 14.1. The van der Waals surface area contributed by atoms with E-state index in [9.17, 15) is 0 Å². The average molecular weight is 318 g/mol. The highest BCUT2D eigenvalue weighted by atomic mass is 79.9. The monoisotopic (exact) mass is 317 g/mol. The van der Waals surface area contributed by atoms with Crippen LogP contribution in [0.25, 0.3) is 0 Å². The van der Waals surface area contributed by atoms with Crippen LogP contribution in [0.2, 0.25) is 0 Å². The molecule has 0 spiro atoms. The van der Waals surface area contributed by atoms with Crippen molar-refractivity contribution in [1.82, 2.24) is 0 Å². The van der Waals surface area contributed by atoms with E-state index in [4.69, 9.17) is 0 Å². The Hall–Kier alpha value is -1.28. The molecule has 0 saturated heterocycles. The minimum atomic E-state index is 0.300. The minimum absolute atomic E-state index is 0.300. The molecule has 2 aromatic rings. The van der Waals surface area contributed by atoms with Gasteiger partial charge in [0.05, 0.1) is 0 Å². The zero-order chi connectivity index (χ0) is 14.0. The van der Waals surface area contributed by atoms with E-state index in [0.29, 0.717) is 6.04 Å². The molecule has 1 nitrogen and oxygen atoms in total. The Morgan fingerprint density at radius 3 is 2.32 bits per heavy atom. The van der Waals surface area contributed by atoms with Crippen molar-refractivity contribution in [1.29, 1.82) is 0 Å². The highest BCUT2D eigenvalue weighted by Gasteiger charge is 2.09. The number of hydrogen-bond donors (Lipinski definition) is 1. The molecule has 0 aliphatic rings. The quantitative estimate of drug-likeness (QED) is 0.782. The lowest BCUT2D eigenvalue weighted by Gasteiger charge is -2.19. The molecular weight excluding hydrogens is 298 g/mol. The number of hydrogen-bond acceptors (Lipinski definition) is 1. The van der Waals surface area contributed by atoms with Crippen LogP contribution in [0.3, 0.4) is 0 Å². The molecule has 0 saturated carbocycles. The maximum Gasteiger partial charge on any atom is 0.0488 e. The summed E-state index contributed by atoms with van der Waals surface area (Å²) < 4.78 is 1.14. The lowest BCUT2D eigenvalue weighted by atomic mass is 10.00. The van der Waals surface area contributed by atoms with E-state index in [1.165, 1.54) is 22.3 Å². The van der Waals surface area contributed by atoms with Gasteiger partial charge in [-0.25, -0.2) is 0 Å². The third kappa shape index (κ3) is 3.38. The van der Waals surface area contributed by atoms with Crippen LogP contribution in [0.4, 0.5) is 5.69 Å². The Morgan fingerprint density at radius 1 is 0.947 bits per heavy atom. The van der Waals surface area contributed by atoms with Crippen LogP contribution in [0.15, 0.2) is 40.9 Å². The van der Waals surface area contributed by atoms with Crippen LogP contribution in [-0.4, -0.2) is 0 Å². The number of nitrogens with one attached hydrogen (secondary N) is 1. The molecule has 0 aromatic heterocycles. The van der Waals surface area contributed by atoms with Crippen LogP contribution < -0.4 is 5.32 Å². The van der Waals surface area contributed by atoms with E-state index >= 15 is 0 Å². The molecule has 2 aromatic carbocycles. The zero-order valence-electron chi connectivity index (χ0n) is 11.9. The molecular formula is C17H20BrN. The molecule has 100 valence electrons. The highest BCUT2D eigenvalue weighted by Crippen LogP contribution is 2.26. The van der Waals surface area contributed by atoms with Crippen molar-refractivity contribution < 1.29 is 0 Å². The van der Waals surface area contributed by atoms with Crippen LogP contribution in [0.5, 0.6) is 0 Å². The molecule has 0 aliphatic carbocycles. The number of rotatable bonds is 3. The molecule has 1 atom stereocenters. The fraction of sp³-hybridized carbons (Fsp3) is 0.294. The van der Waals surface area contributed by atoms with Crippen LogP contribution >= 0.6 is 15.9 Å². The van der Waals surface area contributed by atoms with Gasteiger partial charge < -0.3 is 5.32 Å². The summed E-state index contributed by atoms with van der Waals surface area (Å²) in [7, 11) is 0. The fourth-order valence-electron chi connectivity index (χ4n) is 2.24. The van der Waals surface area contributed by atoms with Gasteiger partial charge >= 0.3 is 0 Å². The van der Waals surface area contributed by atoms with Crippen LogP contribution in [0.1, 0.15) is 35.2 Å². The first-order valence-corrected chi connectivity index (χ1v) is 7.36. The van der Waals surface area contributed by atoms with Crippen molar-refractivity contribution in [3.8, 4) is 0 Å². The summed E-state index contributed by atoms with van der Waals surface area (Å²) in [6.45, 7) is 8.60. The van der Waals surface area contributed by atoms with Gasteiger partial charge in [-0.3, -0.25) is 0 Å². The Labute approximate surface area is 124 Å². The summed E-state index contributed by atoms with van der Waals surface area (Å²) in [5.74, 6) is 0. The van der Waals surface area contributed by atoms with Crippen molar-refractivity contribution in [2.45, 2.75) is 33.7 Å². The largest absolute Gasteiger partial charge is 0.378 e. The van der Waals surface area contributed by atoms with Gasteiger partial charge in [0.1, 0.15) is 0 Å². The van der Waals surface area contributed by atoms with E-state index in [-0.39, 0.29) is 0 Å².